The smallest absolute Gasteiger partial charge is 0.0725 e. The molecule has 2 unspecified atom stereocenters. The summed E-state index contributed by atoms with van der Waals surface area (Å²) in [6, 6.07) is 123. The van der Waals surface area contributed by atoms with Crippen LogP contribution in [0.1, 0.15) is 56.0 Å². The fourth-order valence-corrected chi connectivity index (χ4v) is 18.8. The fraction of sp³-hybridized carbons (Fsp3) is 0.0297. The predicted octanol–water partition coefficient (Wildman–Crippen LogP) is 26.5. The molecule has 103 heavy (non-hydrogen) atoms. The molecule has 2 heteroatoms. The Morgan fingerprint density at radius 1 is 0.262 bits per heavy atom. The van der Waals surface area contributed by atoms with E-state index in [1.54, 1.807) is 0 Å². The molecular formula is C101H64N2. The molecule has 1 spiro atoms. The predicted molar refractivity (Wildman–Crippen MR) is 437 cm³/mol. The van der Waals surface area contributed by atoms with Gasteiger partial charge in [0.2, 0.25) is 0 Å². The van der Waals surface area contributed by atoms with E-state index in [1.807, 2.05) is 0 Å². The number of hydrogen-bond acceptors (Lipinski definition) is 1. The minimum absolute atomic E-state index is 0.171. The Bertz CT molecular complexity index is 6800. The third-order valence-electron chi connectivity index (χ3n) is 23.3. The highest BCUT2D eigenvalue weighted by Gasteiger charge is 2.52. The van der Waals surface area contributed by atoms with Crippen LogP contribution < -0.4 is 4.90 Å². The summed E-state index contributed by atoms with van der Waals surface area (Å²) < 4.78 is 2.48. The minimum Gasteiger partial charge on any atom is -0.333 e. The molecule has 0 saturated carbocycles. The first-order valence-electron chi connectivity index (χ1n) is 36.1. The van der Waals surface area contributed by atoms with E-state index in [0.29, 0.717) is 0 Å². The van der Waals surface area contributed by atoms with Crippen molar-refractivity contribution in [1.29, 1.82) is 0 Å². The van der Waals surface area contributed by atoms with Crippen LogP contribution in [0.2, 0.25) is 0 Å². The van der Waals surface area contributed by atoms with Gasteiger partial charge in [0.1, 0.15) is 0 Å². The molecule has 22 rings (SSSR count). The Morgan fingerprint density at radius 3 is 1.32 bits per heavy atom. The highest BCUT2D eigenvalue weighted by atomic mass is 15.2. The molecule has 4 aliphatic rings. The second kappa shape index (κ2) is 22.4. The van der Waals surface area contributed by atoms with E-state index in [1.165, 1.54) is 198 Å². The summed E-state index contributed by atoms with van der Waals surface area (Å²) in [4.78, 5) is 2.60. The maximum Gasteiger partial charge on any atom is 0.0725 e. The highest BCUT2D eigenvalue weighted by Crippen LogP contribution is 2.63. The zero-order chi connectivity index (χ0) is 67.4. The first kappa shape index (κ1) is 57.7. The number of benzene rings is 17. The molecule has 0 radical (unpaired) electrons. The van der Waals surface area contributed by atoms with Crippen molar-refractivity contribution in [2.24, 2.45) is 0 Å². The average molecular weight is 1310 g/mol. The first-order valence-corrected chi connectivity index (χ1v) is 36.1. The minimum atomic E-state index is -0.523. The van der Waals surface area contributed by atoms with Gasteiger partial charge in [-0.1, -0.05) is 322 Å². The van der Waals surface area contributed by atoms with Crippen LogP contribution in [-0.4, -0.2) is 10.6 Å². The second-order valence-corrected chi connectivity index (χ2v) is 28.5. The largest absolute Gasteiger partial charge is 0.333 e. The van der Waals surface area contributed by atoms with E-state index < -0.39 is 5.41 Å². The topological polar surface area (TPSA) is 8.17 Å². The lowest BCUT2D eigenvalue weighted by atomic mass is 9.70. The summed E-state index contributed by atoms with van der Waals surface area (Å²) >= 11 is 0. The summed E-state index contributed by atoms with van der Waals surface area (Å²) in [6.45, 7) is 0. The molecule has 2 nitrogen and oxygen atoms in total. The lowest BCUT2D eigenvalue weighted by Crippen LogP contribution is -2.28. The van der Waals surface area contributed by atoms with Crippen molar-refractivity contribution < 1.29 is 0 Å². The summed E-state index contributed by atoms with van der Waals surface area (Å²) in [5.41, 5.74) is 27.0. The van der Waals surface area contributed by atoms with E-state index in [9.17, 15) is 0 Å². The Morgan fingerprint density at radius 2 is 0.709 bits per heavy atom. The van der Waals surface area contributed by atoms with Gasteiger partial charge in [0, 0.05) is 33.2 Å². The number of hydrogen-bond donors (Lipinski definition) is 0. The Balaban J connectivity index is 0.606. The Kier molecular flexibility index (Phi) is 12.6. The summed E-state index contributed by atoms with van der Waals surface area (Å²) in [6.07, 6.45) is 18.6. The van der Waals surface area contributed by atoms with Gasteiger partial charge in [-0.2, -0.15) is 0 Å². The van der Waals surface area contributed by atoms with Crippen molar-refractivity contribution in [2.45, 2.75) is 17.4 Å². The highest BCUT2D eigenvalue weighted by molar-refractivity contribution is 6.18. The molecule has 1 aliphatic heterocycles. The van der Waals surface area contributed by atoms with Crippen LogP contribution in [0.15, 0.2) is 352 Å². The van der Waals surface area contributed by atoms with Gasteiger partial charge in [0.15, 0.2) is 0 Å². The van der Waals surface area contributed by atoms with Crippen molar-refractivity contribution in [1.82, 2.24) is 4.57 Å². The number of anilines is 2. The molecule has 478 valence electrons. The molecule has 0 bridgehead atoms. The Labute approximate surface area is 597 Å². The third-order valence-corrected chi connectivity index (χ3v) is 23.3. The maximum absolute atomic E-state index is 2.60. The number of rotatable bonds is 8. The monoisotopic (exact) mass is 1300 g/mol. The molecule has 1 aromatic heterocycles. The molecule has 2 heterocycles. The van der Waals surface area contributed by atoms with E-state index in [4.69, 9.17) is 0 Å². The molecule has 2 atom stereocenters. The van der Waals surface area contributed by atoms with E-state index in [-0.39, 0.29) is 12.0 Å². The van der Waals surface area contributed by atoms with E-state index >= 15 is 0 Å². The van der Waals surface area contributed by atoms with Gasteiger partial charge in [-0.15, -0.1) is 0 Å². The van der Waals surface area contributed by atoms with Crippen LogP contribution in [0.3, 0.4) is 0 Å². The molecule has 0 saturated heterocycles. The van der Waals surface area contributed by atoms with Gasteiger partial charge >= 0.3 is 0 Å². The van der Waals surface area contributed by atoms with Crippen molar-refractivity contribution >= 4 is 122 Å². The summed E-state index contributed by atoms with van der Waals surface area (Å²) in [7, 11) is 0. The lowest BCUT2D eigenvalue weighted by Gasteiger charge is -2.30. The Hall–Kier alpha value is -13.1. The van der Waals surface area contributed by atoms with Gasteiger partial charge in [0.25, 0.3) is 0 Å². The molecule has 0 fully saturated rings. The molecule has 0 amide bonds. The fourth-order valence-electron chi connectivity index (χ4n) is 18.8. The SMILES string of the molecule is C1=CC2c3cc(-c4ccc(/C=C/c5ccc6c(c5)C5(c7ccccc7-c7ccccc75)c5cc(/C=C/c7ccc(-c8ccc9c(c8)c8ccccc8n9-c8cc9ccccc9c9ccccc89)c8ccccc78)ccc5-6)c5ccccc45)ccc3N(c3cc4ccccc4c4ccccc34)C2C=C1. The molecule has 3 aliphatic carbocycles. The summed E-state index contributed by atoms with van der Waals surface area (Å²) in [5, 5.41) is 17.5. The van der Waals surface area contributed by atoms with Gasteiger partial charge in [0.05, 0.1) is 33.9 Å². The third kappa shape index (κ3) is 8.50. The standard InChI is InChI=1S/C101H64N2/c1-3-25-73-67(21-1)61-99(85-33-11-9-29-79(73)85)102-95-39-19-15-35-87(95)89-59-69(49-55-97(89)102)75-53-47-65(71-23-5-7-27-77(71)75)45-41-63-43-51-83-84-52-44-64(58-94(84)101(93(83)57-63)91-37-17-13-31-81(91)82-32-14-18-38-92(82)101)42-46-66-48-54-76(78-28-8-6-24-72(66)78)70-50-56-98-90(60-70)88-36-16-20-40-96(88)103(98)100-62-68-22-2-4-26-74(68)80-30-10-12-34-86(80)100/h1-62,87,95H/b45-41+,46-42+. The van der Waals surface area contributed by atoms with Crippen LogP contribution in [-0.2, 0) is 5.41 Å². The number of nitrogens with zero attached hydrogens (tertiary/aromatic N) is 2. The lowest BCUT2D eigenvalue weighted by molar-refractivity contribution is 0.746. The number of aromatic nitrogens is 1. The second-order valence-electron chi connectivity index (χ2n) is 28.5. The van der Waals surface area contributed by atoms with Crippen LogP contribution in [0.25, 0.3) is 161 Å². The molecule has 0 N–H and O–H groups in total. The zero-order valence-corrected chi connectivity index (χ0v) is 56.3. The van der Waals surface area contributed by atoms with Gasteiger partial charge < -0.3 is 9.47 Å². The molecule has 18 aromatic rings. The van der Waals surface area contributed by atoms with Crippen molar-refractivity contribution in [3.63, 3.8) is 0 Å². The number of fused-ring (bicyclic) bond motifs is 24. The number of allylic oxidation sites excluding steroid dienone is 2. The van der Waals surface area contributed by atoms with Gasteiger partial charge in [-0.3, -0.25) is 0 Å². The van der Waals surface area contributed by atoms with Gasteiger partial charge in [-0.25, -0.2) is 0 Å². The normalized spacial score (nSPS) is 15.3. The molecular weight excluding hydrogens is 1240 g/mol. The van der Waals surface area contributed by atoms with Crippen molar-refractivity contribution in [3.05, 3.63) is 402 Å². The maximum atomic E-state index is 2.60. The summed E-state index contributed by atoms with van der Waals surface area (Å²) in [5.74, 6) is 0.223. The van der Waals surface area contributed by atoms with E-state index in [2.05, 4.69) is 386 Å². The van der Waals surface area contributed by atoms with Gasteiger partial charge in [-0.05, 0) is 203 Å². The number of para-hydroxylation sites is 1. The van der Waals surface area contributed by atoms with Crippen molar-refractivity contribution in [2.75, 3.05) is 4.90 Å². The first-order chi connectivity index (χ1) is 51.1. The van der Waals surface area contributed by atoms with Crippen LogP contribution in [0.4, 0.5) is 11.4 Å². The van der Waals surface area contributed by atoms with Crippen LogP contribution in [0.5, 0.6) is 0 Å². The van der Waals surface area contributed by atoms with Crippen LogP contribution in [0, 0.1) is 0 Å². The average Bonchev–Trinajstić information content (AvgIpc) is 1.52. The quantitative estimate of drug-likeness (QED) is 0.109. The van der Waals surface area contributed by atoms with Crippen molar-refractivity contribution in [3.8, 4) is 50.2 Å². The molecule has 17 aromatic carbocycles. The van der Waals surface area contributed by atoms with E-state index in [0.717, 1.165) is 0 Å². The van der Waals surface area contributed by atoms with Crippen LogP contribution >= 0.6 is 0 Å². The zero-order valence-electron chi connectivity index (χ0n) is 56.3.